The SMILES string of the molecule is CC(C)(C)Cc1ccc(-c2ccnc(-c3cc(-c4cccc5c4nc(-c4cc(C(C)(C)C)cc(C(C)(C)C)c4O)n5-c4ccc(C(C)(C)C)cc4-c4ccccc4)cc4c3OC(C)(C)c3cc(C#N)ccc3-4)c2)cc1. The van der Waals surface area contributed by atoms with E-state index in [-0.39, 0.29) is 27.4 Å². The van der Waals surface area contributed by atoms with E-state index in [1.54, 1.807) is 0 Å². The topological polar surface area (TPSA) is 84.0 Å². The highest BCUT2D eigenvalue weighted by atomic mass is 16.5. The van der Waals surface area contributed by atoms with Gasteiger partial charge >= 0.3 is 0 Å². The molecule has 7 aromatic carbocycles. The van der Waals surface area contributed by atoms with Gasteiger partial charge < -0.3 is 9.84 Å². The zero-order valence-electron chi connectivity index (χ0n) is 46.3. The Morgan fingerprint density at radius 2 is 1.27 bits per heavy atom. The Hall–Kier alpha value is -7.75. The second kappa shape index (κ2) is 18.3. The van der Waals surface area contributed by atoms with Crippen LogP contribution in [0.5, 0.6) is 11.5 Å². The molecule has 3 heterocycles. The Morgan fingerprint density at radius 1 is 0.573 bits per heavy atom. The number of nitrogens with zero attached hydrogens (tertiary/aromatic N) is 4. The third-order valence-corrected chi connectivity index (χ3v) is 14.8. The van der Waals surface area contributed by atoms with Crippen LogP contribution in [0, 0.1) is 16.7 Å². The predicted octanol–water partition coefficient (Wildman–Crippen LogP) is 18.1. The molecule has 6 nitrogen and oxygen atoms in total. The summed E-state index contributed by atoms with van der Waals surface area (Å²) in [6.45, 7) is 30.8. The van der Waals surface area contributed by atoms with Gasteiger partial charge in [0.25, 0.3) is 0 Å². The van der Waals surface area contributed by atoms with Gasteiger partial charge in [-0.15, -0.1) is 0 Å². The number of phenols is 1. The summed E-state index contributed by atoms with van der Waals surface area (Å²) >= 11 is 0. The van der Waals surface area contributed by atoms with Gasteiger partial charge in [0.2, 0.25) is 0 Å². The highest BCUT2D eigenvalue weighted by molar-refractivity contribution is 6.00. The maximum Gasteiger partial charge on any atom is 0.149 e. The van der Waals surface area contributed by atoms with Gasteiger partial charge in [0, 0.05) is 39.6 Å². The Balaban J connectivity index is 1.28. The number of para-hydroxylation sites is 1. The second-order valence-electron chi connectivity index (χ2n) is 25.5. The highest BCUT2D eigenvalue weighted by Gasteiger charge is 2.36. The number of imidazole rings is 1. The summed E-state index contributed by atoms with van der Waals surface area (Å²) in [5.41, 5.74) is 17.7. The molecule has 378 valence electrons. The number of aromatic hydroxyl groups is 1. The zero-order chi connectivity index (χ0) is 53.6. The molecule has 0 fully saturated rings. The number of hydrogen-bond donors (Lipinski definition) is 1. The van der Waals surface area contributed by atoms with Gasteiger partial charge in [-0.1, -0.05) is 168 Å². The first-order valence-corrected chi connectivity index (χ1v) is 26.4. The number of pyridine rings is 1. The molecule has 0 amide bonds. The van der Waals surface area contributed by atoms with Gasteiger partial charge in [-0.2, -0.15) is 5.26 Å². The number of rotatable bonds is 7. The molecular formula is C69H70N4O2. The average molecular weight is 987 g/mol. The fourth-order valence-electron chi connectivity index (χ4n) is 10.7. The first-order chi connectivity index (χ1) is 35.3. The lowest BCUT2D eigenvalue weighted by Crippen LogP contribution is -2.29. The van der Waals surface area contributed by atoms with Gasteiger partial charge in [-0.3, -0.25) is 9.55 Å². The van der Waals surface area contributed by atoms with Gasteiger partial charge in [0.1, 0.15) is 22.9 Å². The van der Waals surface area contributed by atoms with E-state index in [2.05, 4.69) is 241 Å². The number of ether oxygens (including phenoxy) is 1. The van der Waals surface area contributed by atoms with E-state index in [1.807, 2.05) is 18.3 Å². The van der Waals surface area contributed by atoms with Crippen LogP contribution in [0.15, 0.2) is 152 Å². The molecule has 1 aliphatic heterocycles. The van der Waals surface area contributed by atoms with Crippen molar-refractivity contribution in [1.82, 2.24) is 14.5 Å². The number of nitriles is 1. The van der Waals surface area contributed by atoms with Crippen molar-refractivity contribution in [3.8, 4) is 90.4 Å². The van der Waals surface area contributed by atoms with Crippen LogP contribution in [0.25, 0.3) is 83.9 Å². The van der Waals surface area contributed by atoms with E-state index in [0.29, 0.717) is 17.0 Å². The highest BCUT2D eigenvalue weighted by Crippen LogP contribution is 2.53. The van der Waals surface area contributed by atoms with Crippen LogP contribution < -0.4 is 4.74 Å². The number of aromatic nitrogens is 3. The third kappa shape index (κ3) is 9.66. The van der Waals surface area contributed by atoms with Crippen LogP contribution in [0.4, 0.5) is 0 Å². The Bertz CT molecular complexity index is 3730. The maximum absolute atomic E-state index is 12.7. The van der Waals surface area contributed by atoms with Crippen molar-refractivity contribution in [3.05, 3.63) is 185 Å². The largest absolute Gasteiger partial charge is 0.507 e. The van der Waals surface area contributed by atoms with Gasteiger partial charge in [-0.05, 0) is 147 Å². The summed E-state index contributed by atoms with van der Waals surface area (Å²) in [5.74, 6) is 1.60. The molecule has 0 saturated heterocycles. The van der Waals surface area contributed by atoms with Gasteiger partial charge in [0.05, 0.1) is 39.6 Å². The normalized spacial score (nSPS) is 13.5. The van der Waals surface area contributed by atoms with E-state index in [0.717, 1.165) is 101 Å². The van der Waals surface area contributed by atoms with Crippen molar-refractivity contribution < 1.29 is 9.84 Å². The molecule has 0 aliphatic carbocycles. The predicted molar refractivity (Wildman–Crippen MR) is 311 cm³/mol. The van der Waals surface area contributed by atoms with Crippen LogP contribution in [0.3, 0.4) is 0 Å². The molecule has 0 atom stereocenters. The Kier molecular flexibility index (Phi) is 12.4. The molecule has 9 aromatic rings. The molecule has 0 saturated carbocycles. The Morgan fingerprint density at radius 3 is 1.93 bits per heavy atom. The third-order valence-electron chi connectivity index (χ3n) is 14.8. The maximum atomic E-state index is 12.7. The minimum absolute atomic E-state index is 0.112. The first-order valence-electron chi connectivity index (χ1n) is 26.4. The number of fused-ring (bicyclic) bond motifs is 4. The molecule has 10 rings (SSSR count). The van der Waals surface area contributed by atoms with E-state index >= 15 is 0 Å². The fourth-order valence-corrected chi connectivity index (χ4v) is 10.7. The quantitative estimate of drug-likeness (QED) is 0.172. The summed E-state index contributed by atoms with van der Waals surface area (Å²) in [6.07, 6.45) is 2.88. The molecule has 0 radical (unpaired) electrons. The van der Waals surface area contributed by atoms with Crippen molar-refractivity contribution in [2.24, 2.45) is 5.41 Å². The minimum Gasteiger partial charge on any atom is -0.507 e. The summed E-state index contributed by atoms with van der Waals surface area (Å²) in [7, 11) is 0. The number of hydrogen-bond acceptors (Lipinski definition) is 5. The van der Waals surface area contributed by atoms with Crippen molar-refractivity contribution in [3.63, 3.8) is 0 Å². The van der Waals surface area contributed by atoms with Gasteiger partial charge in [0.15, 0.2) is 0 Å². The van der Waals surface area contributed by atoms with E-state index in [4.69, 9.17) is 14.7 Å². The van der Waals surface area contributed by atoms with Crippen LogP contribution in [-0.4, -0.2) is 19.6 Å². The van der Waals surface area contributed by atoms with Crippen LogP contribution in [0.2, 0.25) is 0 Å². The minimum atomic E-state index is -0.756. The average Bonchev–Trinajstić information content (AvgIpc) is 3.75. The van der Waals surface area contributed by atoms with E-state index in [1.165, 1.54) is 11.1 Å². The molecule has 2 aromatic heterocycles. The molecule has 0 unspecified atom stereocenters. The molecule has 0 spiro atoms. The fraction of sp³-hybridized carbons (Fsp3) is 0.290. The Labute approximate surface area is 444 Å². The van der Waals surface area contributed by atoms with Crippen LogP contribution >= 0.6 is 0 Å². The molecule has 0 bridgehead atoms. The van der Waals surface area contributed by atoms with Crippen molar-refractivity contribution in [1.29, 1.82) is 5.26 Å². The van der Waals surface area contributed by atoms with E-state index in [9.17, 15) is 10.4 Å². The van der Waals surface area contributed by atoms with Gasteiger partial charge in [-0.25, -0.2) is 4.98 Å². The molecule has 1 aliphatic rings. The van der Waals surface area contributed by atoms with Crippen LogP contribution in [0.1, 0.15) is 130 Å². The van der Waals surface area contributed by atoms with E-state index < -0.39 is 5.60 Å². The molecule has 6 heteroatoms. The first kappa shape index (κ1) is 50.8. The smallest absolute Gasteiger partial charge is 0.149 e. The molecule has 1 N–H and O–H groups in total. The lowest BCUT2D eigenvalue weighted by molar-refractivity contribution is 0.106. The van der Waals surface area contributed by atoms with Crippen molar-refractivity contribution in [2.45, 2.75) is 125 Å². The lowest BCUT2D eigenvalue weighted by atomic mass is 9.79. The van der Waals surface area contributed by atoms with Crippen molar-refractivity contribution >= 4 is 11.0 Å². The number of benzene rings is 7. The second-order valence-corrected chi connectivity index (χ2v) is 25.5. The van der Waals surface area contributed by atoms with Crippen LogP contribution in [-0.2, 0) is 28.3 Å². The lowest BCUT2D eigenvalue weighted by Gasteiger charge is -2.36. The summed E-state index contributed by atoms with van der Waals surface area (Å²) < 4.78 is 9.40. The molecular weight excluding hydrogens is 917 g/mol. The zero-order valence-corrected chi connectivity index (χ0v) is 46.3. The summed E-state index contributed by atoms with van der Waals surface area (Å²) in [4.78, 5) is 10.8. The summed E-state index contributed by atoms with van der Waals surface area (Å²) in [6, 6.07) is 53.9. The monoisotopic (exact) mass is 987 g/mol. The summed E-state index contributed by atoms with van der Waals surface area (Å²) in [5, 5.41) is 22.8. The molecule has 75 heavy (non-hydrogen) atoms. The number of phenolic OH excluding ortho intramolecular Hbond substituents is 1. The van der Waals surface area contributed by atoms with Crippen molar-refractivity contribution in [2.75, 3.05) is 0 Å². The standard InChI is InChI=1S/C69H70N4O2/c1-65(2,3)40-42-23-26-44(27-24-42)46-31-32-71-58(36-46)54-35-47(34-53-51-29-25-43(41-70)33-56(51)69(13,14)75-63(53)54)50-21-18-22-60-61(50)72-64(55-38-49(67(7,8)9)39-57(62(55)74)68(10,11)12)73(60)59-30-28-48(66(4,5)6)37-52(59)45-19-16-15-17-20-45/h15-39,74H,40H2,1-14H3.